The maximum atomic E-state index is 15.5. The Morgan fingerprint density at radius 3 is 2.65 bits per heavy atom. The number of thiophene rings is 1. The molecule has 0 aliphatic carbocycles. The maximum Gasteiger partial charge on any atom is 0.310 e. The van der Waals surface area contributed by atoms with E-state index in [4.69, 9.17) is 4.74 Å². The Kier molecular flexibility index (Phi) is 7.26. The molecule has 1 aliphatic rings. The number of nitrogens with zero attached hydrogens (tertiary/aromatic N) is 2. The van der Waals surface area contributed by atoms with Gasteiger partial charge in [-0.2, -0.15) is 8.78 Å². The van der Waals surface area contributed by atoms with Gasteiger partial charge in [-0.3, -0.25) is 9.59 Å². The van der Waals surface area contributed by atoms with E-state index in [-0.39, 0.29) is 39.2 Å². The maximum absolute atomic E-state index is 15.5. The van der Waals surface area contributed by atoms with Crippen LogP contribution in [0.1, 0.15) is 54.5 Å². The summed E-state index contributed by atoms with van der Waals surface area (Å²) in [5.74, 6) is -3.62. The van der Waals surface area contributed by atoms with E-state index < -0.39 is 11.5 Å². The molecule has 3 aromatic rings. The summed E-state index contributed by atoms with van der Waals surface area (Å²) in [4.78, 5) is 30.6. The van der Waals surface area contributed by atoms with E-state index in [0.717, 1.165) is 44.6 Å². The molecule has 3 N–H and O–H groups in total. The van der Waals surface area contributed by atoms with Crippen molar-refractivity contribution in [1.82, 2.24) is 19.8 Å². The van der Waals surface area contributed by atoms with Crippen molar-refractivity contribution in [1.29, 1.82) is 0 Å². The predicted octanol–water partition coefficient (Wildman–Crippen LogP) is 3.99. The third kappa shape index (κ3) is 4.80. The molecule has 0 bridgehead atoms. The number of carbonyl (C=O) groups excluding carboxylic acids is 1. The summed E-state index contributed by atoms with van der Waals surface area (Å²) in [7, 11) is 3.58. The van der Waals surface area contributed by atoms with Crippen molar-refractivity contribution in [3.05, 3.63) is 38.8 Å². The lowest BCUT2D eigenvalue weighted by Crippen LogP contribution is -2.40. The number of hydrogen-bond acceptors (Lipinski definition) is 6. The van der Waals surface area contributed by atoms with Crippen molar-refractivity contribution in [3.8, 4) is 16.2 Å². The quantitative estimate of drug-likeness (QED) is 0.404. The normalized spacial score (nSPS) is 17.1. The first-order valence-corrected chi connectivity index (χ1v) is 13.2. The molecule has 0 radical (unpaired) electrons. The van der Waals surface area contributed by atoms with Crippen molar-refractivity contribution in [2.45, 2.75) is 58.1 Å². The monoisotopic (exact) mass is 536 g/mol. The standard InChI is InChI=1S/C26H34F2N4O4S/c1-7-29-23(33)18-11-16-17(12-32(6)24(34)19(16)30-18)21-20(36-13-15-9-8-10-31(15)5)14(2)22(37-21)26(27,28)25(3,4)35/h11-12,15,30,35H,7-10,13H2,1-6H3,(H,29,33). The summed E-state index contributed by atoms with van der Waals surface area (Å²) in [5, 5.41) is 13.4. The smallest absolute Gasteiger partial charge is 0.310 e. The lowest BCUT2D eigenvalue weighted by atomic mass is 9.97. The van der Waals surface area contributed by atoms with Crippen LogP contribution in [0.2, 0.25) is 0 Å². The zero-order valence-electron chi connectivity index (χ0n) is 22.0. The molecule has 4 rings (SSSR count). The van der Waals surface area contributed by atoms with Gasteiger partial charge >= 0.3 is 5.92 Å². The molecule has 8 nitrogen and oxygen atoms in total. The van der Waals surface area contributed by atoms with Crippen LogP contribution in [-0.4, -0.2) is 63.9 Å². The van der Waals surface area contributed by atoms with Crippen LogP contribution < -0.4 is 15.6 Å². The molecule has 1 amide bonds. The minimum absolute atomic E-state index is 0.155. The van der Waals surface area contributed by atoms with Crippen LogP contribution in [-0.2, 0) is 13.0 Å². The molecule has 3 aromatic heterocycles. The highest BCUT2D eigenvalue weighted by Crippen LogP contribution is 2.52. The van der Waals surface area contributed by atoms with Crippen LogP contribution >= 0.6 is 11.3 Å². The first-order chi connectivity index (χ1) is 17.3. The average Bonchev–Trinajstić information content (AvgIpc) is 3.52. The lowest BCUT2D eigenvalue weighted by molar-refractivity contribution is -0.166. The number of aliphatic hydroxyl groups is 1. The van der Waals surface area contributed by atoms with Crippen LogP contribution in [0.3, 0.4) is 0 Å². The fourth-order valence-electron chi connectivity index (χ4n) is 4.69. The number of likely N-dealkylation sites (tertiary alicyclic amines) is 1. The number of fused-ring (bicyclic) bond motifs is 1. The summed E-state index contributed by atoms with van der Waals surface area (Å²) in [5.41, 5.74) is -1.52. The number of ether oxygens (including phenoxy) is 1. The van der Waals surface area contributed by atoms with Gasteiger partial charge in [0.25, 0.3) is 11.5 Å². The summed E-state index contributed by atoms with van der Waals surface area (Å²) in [6.45, 7) is 7.18. The van der Waals surface area contributed by atoms with E-state index in [1.54, 1.807) is 33.2 Å². The second-order valence-corrected chi connectivity index (χ2v) is 11.2. The van der Waals surface area contributed by atoms with Crippen LogP contribution in [0.25, 0.3) is 21.3 Å². The van der Waals surface area contributed by atoms with E-state index in [1.165, 1.54) is 4.57 Å². The van der Waals surface area contributed by atoms with Crippen molar-refractivity contribution < 1.29 is 23.4 Å². The Hall–Kier alpha value is -2.76. The second-order valence-electron chi connectivity index (χ2n) is 10.2. The van der Waals surface area contributed by atoms with Gasteiger partial charge in [-0.1, -0.05) is 0 Å². The average molecular weight is 537 g/mol. The van der Waals surface area contributed by atoms with Gasteiger partial charge in [0, 0.05) is 42.3 Å². The molecule has 202 valence electrons. The Morgan fingerprint density at radius 1 is 1.35 bits per heavy atom. The third-order valence-corrected chi connectivity index (χ3v) is 8.40. The summed E-state index contributed by atoms with van der Waals surface area (Å²) in [6, 6.07) is 1.72. The summed E-state index contributed by atoms with van der Waals surface area (Å²) in [6.07, 6.45) is 3.56. The highest BCUT2D eigenvalue weighted by Gasteiger charge is 2.50. The zero-order chi connectivity index (χ0) is 27.3. The number of likely N-dealkylation sites (N-methyl/N-ethyl adjacent to an activating group) is 1. The third-order valence-electron chi connectivity index (χ3n) is 7.03. The molecular weight excluding hydrogens is 502 g/mol. The van der Waals surface area contributed by atoms with Crippen LogP contribution in [0.5, 0.6) is 5.75 Å². The van der Waals surface area contributed by atoms with Crippen LogP contribution in [0.4, 0.5) is 8.78 Å². The van der Waals surface area contributed by atoms with E-state index in [2.05, 4.69) is 15.2 Å². The number of halogens is 2. The van der Waals surface area contributed by atoms with E-state index >= 15 is 8.78 Å². The molecular formula is C26H34F2N4O4S. The van der Waals surface area contributed by atoms with E-state index in [1.807, 2.05) is 7.05 Å². The highest BCUT2D eigenvalue weighted by atomic mass is 32.1. The van der Waals surface area contributed by atoms with Gasteiger partial charge < -0.3 is 29.6 Å². The topological polar surface area (TPSA) is 99.6 Å². The van der Waals surface area contributed by atoms with Crippen molar-refractivity contribution in [2.24, 2.45) is 7.05 Å². The molecule has 37 heavy (non-hydrogen) atoms. The molecule has 1 saturated heterocycles. The fourth-order valence-corrected chi connectivity index (χ4v) is 6.09. The van der Waals surface area contributed by atoms with E-state index in [0.29, 0.717) is 34.7 Å². The molecule has 1 aliphatic heterocycles. The summed E-state index contributed by atoms with van der Waals surface area (Å²) >= 11 is 0.835. The lowest BCUT2D eigenvalue weighted by Gasteiger charge is -2.28. The number of rotatable bonds is 8. The zero-order valence-corrected chi connectivity index (χ0v) is 22.8. The molecule has 1 fully saturated rings. The van der Waals surface area contributed by atoms with Gasteiger partial charge in [0.05, 0.1) is 9.75 Å². The Morgan fingerprint density at radius 2 is 2.05 bits per heavy atom. The van der Waals surface area contributed by atoms with E-state index in [9.17, 15) is 14.7 Å². The number of amides is 1. The van der Waals surface area contributed by atoms with Crippen LogP contribution in [0, 0.1) is 6.92 Å². The van der Waals surface area contributed by atoms with Gasteiger partial charge in [-0.05, 0) is 60.2 Å². The van der Waals surface area contributed by atoms with Crippen molar-refractivity contribution >= 4 is 28.1 Å². The Bertz CT molecular complexity index is 1390. The largest absolute Gasteiger partial charge is 0.490 e. The minimum atomic E-state index is -3.55. The van der Waals surface area contributed by atoms with Crippen molar-refractivity contribution in [3.63, 3.8) is 0 Å². The number of nitrogens with one attached hydrogen (secondary N) is 2. The second kappa shape index (κ2) is 9.85. The SMILES string of the molecule is CCNC(=O)c1cc2c(-c3sc(C(F)(F)C(C)(C)O)c(C)c3OCC3CCCN3C)cn(C)c(=O)c2[nH]1. The minimum Gasteiger partial charge on any atom is -0.490 e. The molecule has 0 spiro atoms. The number of pyridine rings is 1. The molecule has 4 heterocycles. The van der Waals surface area contributed by atoms with Gasteiger partial charge in [0.2, 0.25) is 0 Å². The van der Waals surface area contributed by atoms with Gasteiger partial charge in [0.15, 0.2) is 0 Å². The molecule has 1 atom stereocenters. The molecule has 0 saturated carbocycles. The number of carbonyl (C=O) groups is 1. The Labute approximate surface area is 218 Å². The number of aromatic amines is 1. The molecule has 1 unspecified atom stereocenters. The summed E-state index contributed by atoms with van der Waals surface area (Å²) < 4.78 is 38.5. The number of alkyl halides is 2. The fraction of sp³-hybridized carbons (Fsp3) is 0.538. The van der Waals surface area contributed by atoms with Gasteiger partial charge in [-0.25, -0.2) is 0 Å². The first kappa shape index (κ1) is 27.3. The van der Waals surface area contributed by atoms with Crippen LogP contribution in [0.15, 0.2) is 17.1 Å². The number of H-pyrrole nitrogens is 1. The van der Waals surface area contributed by atoms with Gasteiger partial charge in [-0.15, -0.1) is 11.3 Å². The Balaban J connectivity index is 1.93. The molecule has 11 heteroatoms. The highest BCUT2D eigenvalue weighted by molar-refractivity contribution is 7.16. The van der Waals surface area contributed by atoms with Crippen molar-refractivity contribution in [2.75, 3.05) is 26.7 Å². The predicted molar refractivity (Wildman–Crippen MR) is 141 cm³/mol. The number of hydrogen-bond donors (Lipinski definition) is 3. The van der Waals surface area contributed by atoms with Gasteiger partial charge in [0.1, 0.15) is 29.2 Å². The molecule has 0 aromatic carbocycles. The number of aryl methyl sites for hydroxylation is 1. The number of aromatic nitrogens is 2. The first-order valence-electron chi connectivity index (χ1n) is 12.4.